The molecule has 7 heteroatoms. The molecule has 1 atom stereocenters. The van der Waals surface area contributed by atoms with Crippen molar-refractivity contribution in [3.63, 3.8) is 0 Å². The van der Waals surface area contributed by atoms with Crippen LogP contribution in [0.25, 0.3) is 0 Å². The van der Waals surface area contributed by atoms with E-state index in [0.29, 0.717) is 62.3 Å². The molecule has 0 aromatic heterocycles. The smallest absolute Gasteiger partial charge is 0.255 e. The summed E-state index contributed by atoms with van der Waals surface area (Å²) >= 11 is 0. The number of carbonyl (C=O) groups is 2. The summed E-state index contributed by atoms with van der Waals surface area (Å²) in [5.41, 5.74) is 4.85. The summed E-state index contributed by atoms with van der Waals surface area (Å²) in [5, 5.41) is 12.7. The summed E-state index contributed by atoms with van der Waals surface area (Å²) in [6, 6.07) is 30.4. The van der Waals surface area contributed by atoms with Gasteiger partial charge >= 0.3 is 0 Å². The second kappa shape index (κ2) is 12.2. The molecule has 0 fully saturated rings. The molecule has 8 bridgehead atoms. The van der Waals surface area contributed by atoms with Crippen molar-refractivity contribution in [2.75, 3.05) is 19.7 Å². The van der Waals surface area contributed by atoms with Gasteiger partial charge in [0, 0.05) is 19.5 Å². The number of carbonyl (C=O) groups excluding carboxylic acids is 2. The maximum absolute atomic E-state index is 14.0. The summed E-state index contributed by atoms with van der Waals surface area (Å²) in [4.78, 5) is 28.2. The highest BCUT2D eigenvalue weighted by molar-refractivity contribution is 5.97. The van der Waals surface area contributed by atoms with Crippen molar-refractivity contribution in [1.29, 1.82) is 5.26 Å². The third kappa shape index (κ3) is 5.84. The third-order valence-corrected chi connectivity index (χ3v) is 7.77. The minimum Gasteiger partial charge on any atom is -0.494 e. The zero-order valence-electron chi connectivity index (χ0n) is 23.2. The fraction of sp³-hybridized carbons (Fsp3) is 0.229. The van der Waals surface area contributed by atoms with Crippen LogP contribution in [0.3, 0.4) is 0 Å². The van der Waals surface area contributed by atoms with Crippen LogP contribution >= 0.6 is 0 Å². The van der Waals surface area contributed by atoms with Crippen molar-refractivity contribution < 1.29 is 19.1 Å². The van der Waals surface area contributed by atoms with Crippen molar-refractivity contribution in [2.45, 2.75) is 31.7 Å². The molecule has 0 aliphatic carbocycles. The second-order valence-corrected chi connectivity index (χ2v) is 10.5. The van der Waals surface area contributed by atoms with Crippen LogP contribution in [-0.4, -0.2) is 36.4 Å². The number of ether oxygens (including phenoxy) is 2. The van der Waals surface area contributed by atoms with E-state index in [1.54, 1.807) is 24.3 Å². The molecule has 1 unspecified atom stereocenters. The molecule has 0 radical (unpaired) electrons. The molecule has 5 heterocycles. The van der Waals surface area contributed by atoms with Gasteiger partial charge in [0.1, 0.15) is 17.2 Å². The van der Waals surface area contributed by atoms with Gasteiger partial charge in [0.25, 0.3) is 5.91 Å². The monoisotopic (exact) mass is 557 g/mol. The van der Waals surface area contributed by atoms with E-state index < -0.39 is 0 Å². The molecular weight excluding hydrogens is 526 g/mol. The van der Waals surface area contributed by atoms with Crippen molar-refractivity contribution in [3.8, 4) is 23.3 Å². The molecule has 5 aliphatic rings. The quantitative estimate of drug-likeness (QED) is 0.311. The molecule has 210 valence electrons. The third-order valence-electron chi connectivity index (χ3n) is 7.77. The molecule has 0 saturated carbocycles. The Labute approximate surface area is 245 Å². The van der Waals surface area contributed by atoms with Crippen LogP contribution in [0.5, 0.6) is 17.2 Å². The highest BCUT2D eigenvalue weighted by Gasteiger charge is 2.34. The lowest BCUT2D eigenvalue weighted by molar-refractivity contribution is -0.121. The van der Waals surface area contributed by atoms with Gasteiger partial charge in [0.05, 0.1) is 29.8 Å². The Morgan fingerprint density at radius 2 is 1.71 bits per heavy atom. The molecule has 4 aromatic carbocycles. The predicted octanol–water partition coefficient (Wildman–Crippen LogP) is 5.97. The van der Waals surface area contributed by atoms with Gasteiger partial charge in [0.15, 0.2) is 0 Å². The van der Waals surface area contributed by atoms with Crippen molar-refractivity contribution >= 4 is 11.8 Å². The van der Waals surface area contributed by atoms with Crippen molar-refractivity contribution in [3.05, 3.63) is 124 Å². The molecule has 1 N–H and O–H groups in total. The van der Waals surface area contributed by atoms with Crippen LogP contribution in [0.2, 0.25) is 0 Å². The first-order valence-corrected chi connectivity index (χ1v) is 14.3. The van der Waals surface area contributed by atoms with E-state index in [-0.39, 0.29) is 17.9 Å². The molecule has 7 nitrogen and oxygen atoms in total. The van der Waals surface area contributed by atoms with E-state index in [4.69, 9.17) is 9.47 Å². The molecule has 5 aliphatic heterocycles. The van der Waals surface area contributed by atoms with E-state index in [0.717, 1.165) is 33.8 Å². The Morgan fingerprint density at radius 3 is 2.57 bits per heavy atom. The van der Waals surface area contributed by atoms with Crippen LogP contribution in [0, 0.1) is 11.3 Å². The lowest BCUT2D eigenvalue weighted by Gasteiger charge is -2.38. The Hall–Kier alpha value is -5.09. The van der Waals surface area contributed by atoms with Gasteiger partial charge < -0.3 is 19.7 Å². The van der Waals surface area contributed by atoms with Crippen LogP contribution in [0.1, 0.15) is 57.1 Å². The number of rotatable bonds is 1. The standard InChI is InChI=1S/C35H31N3O4/c36-23-27-5-1-2-8-32(27)35(40)38-19-17-25-21-30-14-15-31(25)34(38)26-6-3-7-29(22-26)41-20-4-18-37-33(39)16-11-24-9-12-28(42-30)13-10-24/h1-3,5-10,12-15,21-22,34H,4,11,16-20H2,(H,37,39). The zero-order valence-corrected chi connectivity index (χ0v) is 23.2. The van der Waals surface area contributed by atoms with Gasteiger partial charge in [-0.05, 0) is 90.0 Å². The SMILES string of the molecule is N#Cc1ccccc1C(=O)N1CCc2cc3ccc2C1c1cccc(c1)OCCCNC(=O)CCc1ccc(cc1)O3. The molecule has 4 aromatic rings. The van der Waals surface area contributed by atoms with Gasteiger partial charge in [-0.25, -0.2) is 0 Å². The Kier molecular flexibility index (Phi) is 7.87. The van der Waals surface area contributed by atoms with E-state index in [1.807, 2.05) is 65.6 Å². The molecule has 2 amide bonds. The summed E-state index contributed by atoms with van der Waals surface area (Å²) in [5.74, 6) is 1.96. The van der Waals surface area contributed by atoms with E-state index in [1.165, 1.54) is 0 Å². The maximum atomic E-state index is 14.0. The molecule has 42 heavy (non-hydrogen) atoms. The number of benzene rings is 4. The van der Waals surface area contributed by atoms with Gasteiger partial charge in [-0.15, -0.1) is 0 Å². The zero-order chi connectivity index (χ0) is 28.9. The van der Waals surface area contributed by atoms with Crippen LogP contribution in [-0.2, 0) is 17.6 Å². The molecule has 9 rings (SSSR count). The highest BCUT2D eigenvalue weighted by Crippen LogP contribution is 2.39. The first-order valence-electron chi connectivity index (χ1n) is 14.3. The molecular formula is C35H31N3O4. The fourth-order valence-corrected chi connectivity index (χ4v) is 5.64. The largest absolute Gasteiger partial charge is 0.494 e. The molecule has 0 saturated heterocycles. The van der Waals surface area contributed by atoms with E-state index in [2.05, 4.69) is 17.5 Å². The topological polar surface area (TPSA) is 91.7 Å². The maximum Gasteiger partial charge on any atom is 0.255 e. The molecule has 0 spiro atoms. The summed E-state index contributed by atoms with van der Waals surface area (Å²) < 4.78 is 12.3. The Bertz CT molecular complexity index is 1660. The summed E-state index contributed by atoms with van der Waals surface area (Å²) in [6.45, 7) is 1.47. The lowest BCUT2D eigenvalue weighted by atomic mass is 9.87. The number of hydrogen-bond acceptors (Lipinski definition) is 5. The number of hydrogen-bond donors (Lipinski definition) is 1. The lowest BCUT2D eigenvalue weighted by Crippen LogP contribution is -2.41. The van der Waals surface area contributed by atoms with Crippen LogP contribution in [0.4, 0.5) is 0 Å². The highest BCUT2D eigenvalue weighted by atomic mass is 16.5. The van der Waals surface area contributed by atoms with Crippen molar-refractivity contribution in [2.24, 2.45) is 0 Å². The number of nitrogens with one attached hydrogen (secondary N) is 1. The van der Waals surface area contributed by atoms with Crippen molar-refractivity contribution in [1.82, 2.24) is 10.2 Å². The average Bonchev–Trinajstić information content (AvgIpc) is 3.03. The average molecular weight is 558 g/mol. The minimum absolute atomic E-state index is 0.0135. The number of nitrogens with zero attached hydrogens (tertiary/aromatic N) is 2. The van der Waals surface area contributed by atoms with Crippen LogP contribution < -0.4 is 14.8 Å². The van der Waals surface area contributed by atoms with Gasteiger partial charge in [0.2, 0.25) is 5.91 Å². The van der Waals surface area contributed by atoms with E-state index >= 15 is 0 Å². The number of aryl methyl sites for hydroxylation is 1. The van der Waals surface area contributed by atoms with Crippen LogP contribution in [0.15, 0.2) is 91.0 Å². The first-order chi connectivity index (χ1) is 20.6. The minimum atomic E-state index is -0.377. The van der Waals surface area contributed by atoms with Gasteiger partial charge in [-0.1, -0.05) is 42.5 Å². The Morgan fingerprint density at radius 1 is 0.881 bits per heavy atom. The van der Waals surface area contributed by atoms with Gasteiger partial charge in [-0.2, -0.15) is 5.26 Å². The number of amides is 2. The fourth-order valence-electron chi connectivity index (χ4n) is 5.64. The summed E-state index contributed by atoms with van der Waals surface area (Å²) in [6.07, 6.45) is 2.40. The first kappa shape index (κ1) is 27.1. The Balaban J connectivity index is 1.39. The summed E-state index contributed by atoms with van der Waals surface area (Å²) in [7, 11) is 0. The number of nitriles is 1. The van der Waals surface area contributed by atoms with E-state index in [9.17, 15) is 14.9 Å². The second-order valence-electron chi connectivity index (χ2n) is 10.5. The normalized spacial score (nSPS) is 16.8. The predicted molar refractivity (Wildman–Crippen MR) is 159 cm³/mol. The van der Waals surface area contributed by atoms with Gasteiger partial charge in [-0.3, -0.25) is 9.59 Å².